The molecule has 2 aromatic rings. The van der Waals surface area contributed by atoms with E-state index in [-0.39, 0.29) is 0 Å². The Kier molecular flexibility index (Phi) is 4.07. The number of benzene rings is 1. The molecule has 0 saturated carbocycles. The molecule has 0 aliphatic carbocycles. The van der Waals surface area contributed by atoms with Crippen molar-refractivity contribution in [1.29, 1.82) is 0 Å². The number of pyridine rings is 1. The first-order valence-corrected chi connectivity index (χ1v) is 5.89. The van der Waals surface area contributed by atoms with E-state index in [1.807, 2.05) is 37.3 Å². The van der Waals surface area contributed by atoms with Crippen molar-refractivity contribution in [3.63, 3.8) is 0 Å². The normalized spacial score (nSPS) is 12.8. The van der Waals surface area contributed by atoms with Gasteiger partial charge < -0.3 is 9.84 Å². The summed E-state index contributed by atoms with van der Waals surface area (Å²) in [5.41, 5.74) is 2.08. The van der Waals surface area contributed by atoms with Crippen molar-refractivity contribution in [2.45, 2.75) is 19.4 Å². The molecule has 1 aromatic heterocycles. The Labute approximate surface area is 101 Å². The molecular formula is C14H17NO2. The van der Waals surface area contributed by atoms with Crippen molar-refractivity contribution < 1.29 is 9.84 Å². The molecule has 0 bridgehead atoms. The van der Waals surface area contributed by atoms with Crippen LogP contribution in [0.1, 0.15) is 12.5 Å². The highest BCUT2D eigenvalue weighted by Gasteiger charge is 2.08. The summed E-state index contributed by atoms with van der Waals surface area (Å²) in [5, 5.41) is 11.0. The van der Waals surface area contributed by atoms with Crippen LogP contribution in [0.3, 0.4) is 0 Å². The molecule has 0 aliphatic heterocycles. The molecule has 0 amide bonds. The molecule has 0 fully saturated rings. The quantitative estimate of drug-likeness (QED) is 0.857. The predicted molar refractivity (Wildman–Crippen MR) is 67.9 cm³/mol. The number of aliphatic hydroxyl groups excluding tert-OH is 1. The van der Waals surface area contributed by atoms with Gasteiger partial charge >= 0.3 is 0 Å². The van der Waals surface area contributed by atoms with Crippen LogP contribution in [0.25, 0.3) is 10.9 Å². The van der Waals surface area contributed by atoms with Gasteiger partial charge in [0.15, 0.2) is 0 Å². The third kappa shape index (κ3) is 3.02. The highest BCUT2D eigenvalue weighted by atomic mass is 16.5. The largest absolute Gasteiger partial charge is 0.390 e. The van der Waals surface area contributed by atoms with E-state index in [1.54, 1.807) is 6.20 Å². The molecule has 1 atom stereocenters. The molecule has 0 spiro atoms. The minimum Gasteiger partial charge on any atom is -0.390 e. The maximum Gasteiger partial charge on any atom is 0.0814 e. The van der Waals surface area contributed by atoms with E-state index < -0.39 is 6.10 Å². The average Bonchev–Trinajstić information content (AvgIpc) is 2.37. The summed E-state index contributed by atoms with van der Waals surface area (Å²) in [6, 6.07) is 9.93. The Morgan fingerprint density at radius 3 is 2.94 bits per heavy atom. The number of para-hydroxylation sites is 1. The highest BCUT2D eigenvalue weighted by molar-refractivity contribution is 5.81. The van der Waals surface area contributed by atoms with Crippen molar-refractivity contribution in [3.05, 3.63) is 42.1 Å². The molecule has 17 heavy (non-hydrogen) atoms. The van der Waals surface area contributed by atoms with Gasteiger partial charge in [-0.3, -0.25) is 4.98 Å². The summed E-state index contributed by atoms with van der Waals surface area (Å²) in [5.74, 6) is 0. The van der Waals surface area contributed by atoms with E-state index in [0.717, 1.165) is 16.5 Å². The third-order valence-corrected chi connectivity index (χ3v) is 2.71. The highest BCUT2D eigenvalue weighted by Crippen LogP contribution is 2.17. The molecular weight excluding hydrogens is 214 g/mol. The van der Waals surface area contributed by atoms with Gasteiger partial charge in [0.25, 0.3) is 0 Å². The number of nitrogens with zero attached hydrogens (tertiary/aromatic N) is 1. The molecule has 0 aliphatic rings. The van der Waals surface area contributed by atoms with Crippen molar-refractivity contribution >= 4 is 10.9 Å². The summed E-state index contributed by atoms with van der Waals surface area (Å²) in [6.07, 6.45) is 1.93. The summed E-state index contributed by atoms with van der Waals surface area (Å²) < 4.78 is 5.21. The Morgan fingerprint density at radius 2 is 2.12 bits per heavy atom. The van der Waals surface area contributed by atoms with Gasteiger partial charge in [0.05, 0.1) is 18.2 Å². The third-order valence-electron chi connectivity index (χ3n) is 2.71. The standard InChI is InChI=1S/C14H17NO2/c1-2-17-10-12(16)9-11-7-8-15-14-6-4-3-5-13(11)14/h3-8,12,16H,2,9-10H2,1H3. The summed E-state index contributed by atoms with van der Waals surface area (Å²) in [7, 11) is 0. The molecule has 1 heterocycles. The fourth-order valence-electron chi connectivity index (χ4n) is 1.90. The monoisotopic (exact) mass is 231 g/mol. The van der Waals surface area contributed by atoms with Gasteiger partial charge in [0, 0.05) is 24.6 Å². The van der Waals surface area contributed by atoms with Crippen LogP contribution in [0, 0.1) is 0 Å². The van der Waals surface area contributed by atoms with Gasteiger partial charge in [-0.25, -0.2) is 0 Å². The first-order valence-electron chi connectivity index (χ1n) is 5.89. The predicted octanol–water partition coefficient (Wildman–Crippen LogP) is 2.17. The van der Waals surface area contributed by atoms with Gasteiger partial charge in [0.2, 0.25) is 0 Å². The van der Waals surface area contributed by atoms with E-state index in [0.29, 0.717) is 19.6 Å². The summed E-state index contributed by atoms with van der Waals surface area (Å²) in [4.78, 5) is 4.30. The Hall–Kier alpha value is -1.45. The Morgan fingerprint density at radius 1 is 1.29 bits per heavy atom. The van der Waals surface area contributed by atoms with E-state index in [1.165, 1.54) is 0 Å². The number of fused-ring (bicyclic) bond motifs is 1. The molecule has 3 nitrogen and oxygen atoms in total. The van der Waals surface area contributed by atoms with Crippen LogP contribution >= 0.6 is 0 Å². The number of hydrogen-bond acceptors (Lipinski definition) is 3. The van der Waals surface area contributed by atoms with Crippen molar-refractivity contribution in [2.24, 2.45) is 0 Å². The van der Waals surface area contributed by atoms with Gasteiger partial charge in [-0.1, -0.05) is 18.2 Å². The van der Waals surface area contributed by atoms with E-state index in [2.05, 4.69) is 4.98 Å². The first-order chi connectivity index (χ1) is 8.31. The maximum atomic E-state index is 9.85. The van der Waals surface area contributed by atoms with E-state index in [9.17, 15) is 5.11 Å². The van der Waals surface area contributed by atoms with E-state index in [4.69, 9.17) is 4.74 Å². The van der Waals surface area contributed by atoms with Crippen molar-refractivity contribution in [3.8, 4) is 0 Å². The van der Waals surface area contributed by atoms with Crippen LogP contribution in [0.15, 0.2) is 36.5 Å². The molecule has 0 saturated heterocycles. The number of aromatic nitrogens is 1. The van der Waals surface area contributed by atoms with Crippen LogP contribution in [0.2, 0.25) is 0 Å². The lowest BCUT2D eigenvalue weighted by Crippen LogP contribution is -2.18. The van der Waals surface area contributed by atoms with Crippen LogP contribution in [0.4, 0.5) is 0 Å². The summed E-state index contributed by atoms with van der Waals surface area (Å²) in [6.45, 7) is 2.94. The smallest absolute Gasteiger partial charge is 0.0814 e. The fraction of sp³-hybridized carbons (Fsp3) is 0.357. The minimum atomic E-state index is -0.458. The minimum absolute atomic E-state index is 0.382. The topological polar surface area (TPSA) is 42.4 Å². The van der Waals surface area contributed by atoms with Gasteiger partial charge in [-0.05, 0) is 24.6 Å². The number of hydrogen-bond donors (Lipinski definition) is 1. The second kappa shape index (κ2) is 5.75. The molecule has 1 aromatic carbocycles. The van der Waals surface area contributed by atoms with Gasteiger partial charge in [-0.15, -0.1) is 0 Å². The molecule has 1 N–H and O–H groups in total. The zero-order valence-corrected chi connectivity index (χ0v) is 9.97. The Bertz CT molecular complexity index is 479. The number of rotatable bonds is 5. The van der Waals surface area contributed by atoms with Gasteiger partial charge in [-0.2, -0.15) is 0 Å². The molecule has 1 unspecified atom stereocenters. The van der Waals surface area contributed by atoms with E-state index >= 15 is 0 Å². The summed E-state index contributed by atoms with van der Waals surface area (Å²) >= 11 is 0. The Balaban J connectivity index is 2.18. The van der Waals surface area contributed by atoms with Crippen LogP contribution < -0.4 is 0 Å². The maximum absolute atomic E-state index is 9.85. The lowest BCUT2D eigenvalue weighted by Gasteiger charge is -2.12. The van der Waals surface area contributed by atoms with Crippen LogP contribution in [-0.4, -0.2) is 29.4 Å². The molecule has 0 radical (unpaired) electrons. The lowest BCUT2D eigenvalue weighted by molar-refractivity contribution is 0.0431. The zero-order valence-electron chi connectivity index (χ0n) is 9.97. The lowest BCUT2D eigenvalue weighted by atomic mass is 10.0. The van der Waals surface area contributed by atoms with Gasteiger partial charge in [0.1, 0.15) is 0 Å². The molecule has 3 heteroatoms. The SMILES string of the molecule is CCOCC(O)Cc1ccnc2ccccc12. The molecule has 90 valence electrons. The second-order valence-corrected chi connectivity index (χ2v) is 4.00. The second-order valence-electron chi connectivity index (χ2n) is 4.00. The number of ether oxygens (including phenoxy) is 1. The average molecular weight is 231 g/mol. The number of aliphatic hydroxyl groups is 1. The fourth-order valence-corrected chi connectivity index (χ4v) is 1.90. The molecule has 2 rings (SSSR count). The first kappa shape index (κ1) is 12.0. The van der Waals surface area contributed by atoms with Crippen molar-refractivity contribution in [2.75, 3.05) is 13.2 Å². The van der Waals surface area contributed by atoms with Crippen molar-refractivity contribution in [1.82, 2.24) is 4.98 Å². The van der Waals surface area contributed by atoms with Crippen LogP contribution in [-0.2, 0) is 11.2 Å². The zero-order chi connectivity index (χ0) is 12.1. The van der Waals surface area contributed by atoms with Crippen LogP contribution in [0.5, 0.6) is 0 Å².